The van der Waals surface area contributed by atoms with Crippen LogP contribution in [0.2, 0.25) is 0 Å². The van der Waals surface area contributed by atoms with Crippen molar-refractivity contribution in [3.63, 3.8) is 0 Å². The highest BCUT2D eigenvalue weighted by Crippen LogP contribution is 2.24. The molecule has 0 saturated carbocycles. The summed E-state index contributed by atoms with van der Waals surface area (Å²) in [5, 5.41) is 0. The first-order valence-corrected chi connectivity index (χ1v) is 10.5. The Kier molecular flexibility index (Phi) is 7.85. The number of benzene rings is 2. The first-order valence-electron chi connectivity index (χ1n) is 9.67. The predicted octanol–water partition coefficient (Wildman–Crippen LogP) is 5.02. The normalized spacial score (nSPS) is 11.1. The monoisotopic (exact) mass is 460 g/mol. The number of rotatable bonds is 7. The van der Waals surface area contributed by atoms with Crippen LogP contribution in [0.15, 0.2) is 40.9 Å². The number of amides is 2. The predicted molar refractivity (Wildman–Crippen MR) is 119 cm³/mol. The molecule has 6 heteroatoms. The van der Waals surface area contributed by atoms with Crippen LogP contribution in [0.25, 0.3) is 0 Å². The van der Waals surface area contributed by atoms with Gasteiger partial charge in [0.05, 0.1) is 6.61 Å². The van der Waals surface area contributed by atoms with E-state index in [1.54, 1.807) is 12.1 Å². The number of ether oxygens (including phenoxy) is 1. The van der Waals surface area contributed by atoms with Crippen LogP contribution in [-0.2, 0) is 4.79 Å². The van der Waals surface area contributed by atoms with Crippen molar-refractivity contribution in [2.24, 2.45) is 5.41 Å². The van der Waals surface area contributed by atoms with Crippen molar-refractivity contribution in [2.75, 3.05) is 6.61 Å². The van der Waals surface area contributed by atoms with Gasteiger partial charge in [-0.2, -0.15) is 0 Å². The molecule has 156 valence electrons. The summed E-state index contributed by atoms with van der Waals surface area (Å²) >= 11 is 3.41. The lowest BCUT2D eigenvalue weighted by molar-refractivity contribution is -0.130. The van der Waals surface area contributed by atoms with E-state index in [9.17, 15) is 9.59 Å². The van der Waals surface area contributed by atoms with E-state index in [2.05, 4.69) is 32.8 Å². The molecule has 29 heavy (non-hydrogen) atoms. The molecule has 0 saturated heterocycles. The SMILES string of the molecule is Cc1ccc(C)c(OCCCC(C)(C)C(=O)NNC(=O)c2ccc(C)c(Br)c2)c1. The molecule has 2 aromatic carbocycles. The molecule has 0 heterocycles. The van der Waals surface area contributed by atoms with Crippen molar-refractivity contribution >= 4 is 27.7 Å². The minimum absolute atomic E-state index is 0.233. The topological polar surface area (TPSA) is 67.4 Å². The van der Waals surface area contributed by atoms with Crippen molar-refractivity contribution in [3.05, 3.63) is 63.1 Å². The van der Waals surface area contributed by atoms with E-state index in [4.69, 9.17) is 4.74 Å². The number of nitrogens with one attached hydrogen (secondary N) is 2. The average molecular weight is 461 g/mol. The Hall–Kier alpha value is -2.34. The van der Waals surface area contributed by atoms with Gasteiger partial charge in [-0.25, -0.2) is 0 Å². The third-order valence-corrected chi connectivity index (χ3v) is 5.74. The van der Waals surface area contributed by atoms with Crippen LogP contribution < -0.4 is 15.6 Å². The Bertz CT molecular complexity index is 894. The van der Waals surface area contributed by atoms with Crippen LogP contribution in [0.4, 0.5) is 0 Å². The van der Waals surface area contributed by atoms with Crippen molar-refractivity contribution in [1.82, 2.24) is 10.9 Å². The first kappa shape index (κ1) is 22.9. The summed E-state index contributed by atoms with van der Waals surface area (Å²) < 4.78 is 6.71. The molecule has 0 aliphatic carbocycles. The molecule has 0 radical (unpaired) electrons. The second-order valence-electron chi connectivity index (χ2n) is 7.98. The number of carbonyl (C=O) groups is 2. The number of hydrogen-bond donors (Lipinski definition) is 2. The summed E-state index contributed by atoms with van der Waals surface area (Å²) in [6.07, 6.45) is 1.36. The largest absolute Gasteiger partial charge is 0.493 e. The van der Waals surface area contributed by atoms with Gasteiger partial charge in [0.15, 0.2) is 0 Å². The zero-order chi connectivity index (χ0) is 21.6. The zero-order valence-corrected chi connectivity index (χ0v) is 19.3. The van der Waals surface area contributed by atoms with Crippen molar-refractivity contribution < 1.29 is 14.3 Å². The lowest BCUT2D eigenvalue weighted by atomic mass is 9.87. The van der Waals surface area contributed by atoms with Gasteiger partial charge < -0.3 is 4.74 Å². The first-order chi connectivity index (χ1) is 13.6. The highest BCUT2D eigenvalue weighted by Gasteiger charge is 2.27. The van der Waals surface area contributed by atoms with Gasteiger partial charge in [0.25, 0.3) is 5.91 Å². The van der Waals surface area contributed by atoms with Gasteiger partial charge >= 0.3 is 0 Å². The fourth-order valence-electron chi connectivity index (χ4n) is 2.76. The summed E-state index contributed by atoms with van der Waals surface area (Å²) in [5.41, 5.74) is 8.16. The Morgan fingerprint density at radius 2 is 1.69 bits per heavy atom. The standard InChI is InChI=1S/C23H29BrN2O3/c1-15-7-8-17(3)20(13-15)29-12-6-11-23(4,5)22(28)26-25-21(27)18-10-9-16(2)19(24)14-18/h7-10,13-14H,6,11-12H2,1-5H3,(H,25,27)(H,26,28). The quantitative estimate of drug-likeness (QED) is 0.450. The molecular formula is C23H29BrN2O3. The van der Waals surface area contributed by atoms with Crippen LogP contribution in [0, 0.1) is 26.2 Å². The lowest BCUT2D eigenvalue weighted by Crippen LogP contribution is -2.47. The third kappa shape index (κ3) is 6.60. The van der Waals surface area contributed by atoms with Gasteiger partial charge in [0.2, 0.25) is 5.91 Å². The molecular weight excluding hydrogens is 432 g/mol. The Balaban J connectivity index is 1.80. The number of hydrogen-bond acceptors (Lipinski definition) is 3. The van der Waals surface area contributed by atoms with Crippen LogP contribution in [0.5, 0.6) is 5.75 Å². The molecule has 0 bridgehead atoms. The average Bonchev–Trinajstić information content (AvgIpc) is 2.67. The van der Waals surface area contributed by atoms with E-state index < -0.39 is 5.41 Å². The molecule has 2 aromatic rings. The second-order valence-corrected chi connectivity index (χ2v) is 8.83. The zero-order valence-electron chi connectivity index (χ0n) is 17.7. The summed E-state index contributed by atoms with van der Waals surface area (Å²) in [6, 6.07) is 11.4. The van der Waals surface area contributed by atoms with E-state index in [0.717, 1.165) is 33.3 Å². The maximum absolute atomic E-state index is 12.5. The van der Waals surface area contributed by atoms with Crippen LogP contribution in [-0.4, -0.2) is 18.4 Å². The highest BCUT2D eigenvalue weighted by molar-refractivity contribution is 9.10. The maximum Gasteiger partial charge on any atom is 0.269 e. The minimum Gasteiger partial charge on any atom is -0.493 e. The van der Waals surface area contributed by atoms with E-state index in [1.807, 2.05) is 52.8 Å². The highest BCUT2D eigenvalue weighted by atomic mass is 79.9. The van der Waals surface area contributed by atoms with E-state index in [-0.39, 0.29) is 11.8 Å². The summed E-state index contributed by atoms with van der Waals surface area (Å²) in [7, 11) is 0. The van der Waals surface area contributed by atoms with Gasteiger partial charge in [0, 0.05) is 15.5 Å². The molecule has 0 spiro atoms. The summed E-state index contributed by atoms with van der Waals surface area (Å²) in [5.74, 6) is 0.292. The van der Waals surface area contributed by atoms with E-state index in [0.29, 0.717) is 18.6 Å². The van der Waals surface area contributed by atoms with Gasteiger partial charge in [-0.1, -0.05) is 48.0 Å². The fourth-order valence-corrected chi connectivity index (χ4v) is 3.14. The molecule has 0 aliphatic rings. The van der Waals surface area contributed by atoms with Crippen LogP contribution >= 0.6 is 15.9 Å². The Morgan fingerprint density at radius 1 is 1.00 bits per heavy atom. The van der Waals surface area contributed by atoms with Crippen LogP contribution in [0.3, 0.4) is 0 Å². The fraction of sp³-hybridized carbons (Fsp3) is 0.391. The molecule has 0 aromatic heterocycles. The van der Waals surface area contributed by atoms with Crippen molar-refractivity contribution in [1.29, 1.82) is 0 Å². The van der Waals surface area contributed by atoms with Gasteiger partial charge in [-0.05, 0) is 68.5 Å². The molecule has 0 unspecified atom stereocenters. The third-order valence-electron chi connectivity index (χ3n) is 4.89. The molecule has 2 N–H and O–H groups in total. The summed E-state index contributed by atoms with van der Waals surface area (Å²) in [4.78, 5) is 24.8. The lowest BCUT2D eigenvalue weighted by Gasteiger charge is -2.23. The molecule has 2 amide bonds. The van der Waals surface area contributed by atoms with E-state index >= 15 is 0 Å². The molecule has 2 rings (SSSR count). The molecule has 0 atom stereocenters. The van der Waals surface area contributed by atoms with E-state index in [1.165, 1.54) is 0 Å². The number of halogens is 1. The van der Waals surface area contributed by atoms with Crippen molar-refractivity contribution in [3.8, 4) is 5.75 Å². The van der Waals surface area contributed by atoms with Gasteiger partial charge in [0.1, 0.15) is 5.75 Å². The van der Waals surface area contributed by atoms with Gasteiger partial charge in [-0.15, -0.1) is 0 Å². The second kappa shape index (κ2) is 9.92. The van der Waals surface area contributed by atoms with Gasteiger partial charge in [-0.3, -0.25) is 20.4 Å². The van der Waals surface area contributed by atoms with Crippen molar-refractivity contribution in [2.45, 2.75) is 47.5 Å². The molecule has 0 aliphatic heterocycles. The van der Waals surface area contributed by atoms with Crippen LogP contribution in [0.1, 0.15) is 53.7 Å². The smallest absolute Gasteiger partial charge is 0.269 e. The summed E-state index contributed by atoms with van der Waals surface area (Å²) in [6.45, 7) is 10.2. The number of carbonyl (C=O) groups excluding carboxylic acids is 2. The maximum atomic E-state index is 12.5. The number of hydrazine groups is 1. The molecule has 0 fully saturated rings. The Morgan fingerprint density at radius 3 is 2.38 bits per heavy atom. The minimum atomic E-state index is -0.633. The molecule has 5 nitrogen and oxygen atoms in total. The Labute approximate surface area is 181 Å². The number of aryl methyl sites for hydroxylation is 3.